The first-order valence-electron chi connectivity index (χ1n) is 5.44. The maximum Gasteiger partial charge on any atom is 0.291 e. The van der Waals surface area contributed by atoms with E-state index >= 15 is 0 Å². The van der Waals surface area contributed by atoms with E-state index in [1.165, 1.54) is 0 Å². The van der Waals surface area contributed by atoms with Crippen LogP contribution in [0.2, 0.25) is 0 Å². The Morgan fingerprint density at radius 3 is 3.06 bits per heavy atom. The van der Waals surface area contributed by atoms with Crippen LogP contribution in [0.25, 0.3) is 0 Å². The molecule has 1 unspecified atom stereocenters. The number of aryl methyl sites for hydroxylation is 1. The molecule has 0 aromatic carbocycles. The number of carbonyl (C=O) groups excluding carboxylic acids is 1. The minimum atomic E-state index is -0.288. The van der Waals surface area contributed by atoms with Crippen molar-refractivity contribution in [2.24, 2.45) is 0 Å². The molecule has 0 spiro atoms. The Kier molecular flexibility index (Phi) is 2.91. The van der Waals surface area contributed by atoms with Crippen molar-refractivity contribution < 1.29 is 9.53 Å². The van der Waals surface area contributed by atoms with Gasteiger partial charge in [0.2, 0.25) is 5.82 Å². The average molecular weight is 224 g/mol. The lowest BCUT2D eigenvalue weighted by atomic mass is 10.0. The van der Waals surface area contributed by atoms with Gasteiger partial charge in [0.1, 0.15) is 5.82 Å². The molecule has 1 aliphatic rings. The van der Waals surface area contributed by atoms with Crippen LogP contribution in [0.4, 0.5) is 0 Å². The molecule has 16 heavy (non-hydrogen) atoms. The van der Waals surface area contributed by atoms with E-state index in [0.29, 0.717) is 13.2 Å². The molecule has 1 amide bonds. The van der Waals surface area contributed by atoms with Crippen LogP contribution in [0.5, 0.6) is 0 Å². The highest BCUT2D eigenvalue weighted by atomic mass is 16.5. The van der Waals surface area contributed by atoms with Gasteiger partial charge in [-0.15, -0.1) is 5.10 Å². The molecule has 1 saturated heterocycles. The van der Waals surface area contributed by atoms with E-state index in [0.717, 1.165) is 18.7 Å². The van der Waals surface area contributed by atoms with E-state index in [1.807, 2.05) is 13.8 Å². The summed E-state index contributed by atoms with van der Waals surface area (Å²) >= 11 is 0. The van der Waals surface area contributed by atoms with E-state index in [9.17, 15) is 4.79 Å². The lowest BCUT2D eigenvalue weighted by Crippen LogP contribution is -2.46. The van der Waals surface area contributed by atoms with Crippen molar-refractivity contribution in [2.45, 2.75) is 32.2 Å². The molecule has 0 saturated carbocycles. The number of rotatable bonds is 3. The van der Waals surface area contributed by atoms with Gasteiger partial charge in [0.25, 0.3) is 5.91 Å². The number of ether oxygens (including phenoxy) is 1. The normalized spacial score (nSPS) is 24.6. The third-order valence-corrected chi connectivity index (χ3v) is 2.70. The second-order valence-electron chi connectivity index (χ2n) is 4.28. The van der Waals surface area contributed by atoms with Crippen LogP contribution in [0.3, 0.4) is 0 Å². The number of nitrogens with one attached hydrogen (secondary N) is 2. The fourth-order valence-electron chi connectivity index (χ4n) is 1.65. The molecule has 1 aliphatic heterocycles. The van der Waals surface area contributed by atoms with Gasteiger partial charge in [-0.1, -0.05) is 6.92 Å². The lowest BCUT2D eigenvalue weighted by molar-refractivity contribution is 0.0879. The van der Waals surface area contributed by atoms with E-state index in [-0.39, 0.29) is 17.3 Å². The standard InChI is InChI=1S/C10H16N4O2/c1-3-7-11-8(14-13-7)9(15)12-10(2)4-5-16-6-10/h3-6H2,1-2H3,(H,12,15)(H,11,13,14). The Bertz CT molecular complexity index is 382. The second kappa shape index (κ2) is 4.21. The molecule has 0 radical (unpaired) electrons. The quantitative estimate of drug-likeness (QED) is 0.772. The van der Waals surface area contributed by atoms with Gasteiger partial charge in [0.15, 0.2) is 0 Å². The number of H-pyrrole nitrogens is 1. The molecule has 1 aromatic heterocycles. The minimum Gasteiger partial charge on any atom is -0.379 e. The highest BCUT2D eigenvalue weighted by molar-refractivity contribution is 5.90. The Labute approximate surface area is 93.8 Å². The van der Waals surface area contributed by atoms with Crippen LogP contribution in [-0.2, 0) is 11.2 Å². The lowest BCUT2D eigenvalue weighted by Gasteiger charge is -2.22. The molecule has 1 fully saturated rings. The monoisotopic (exact) mass is 224 g/mol. The van der Waals surface area contributed by atoms with E-state index in [4.69, 9.17) is 4.74 Å². The van der Waals surface area contributed by atoms with Crippen LogP contribution in [-0.4, -0.2) is 39.8 Å². The van der Waals surface area contributed by atoms with Crippen molar-refractivity contribution in [1.29, 1.82) is 0 Å². The summed E-state index contributed by atoms with van der Waals surface area (Å²) in [5, 5.41) is 9.49. The van der Waals surface area contributed by atoms with Crippen molar-refractivity contribution in [2.75, 3.05) is 13.2 Å². The van der Waals surface area contributed by atoms with Crippen LogP contribution in [0.15, 0.2) is 0 Å². The molecular formula is C10H16N4O2. The van der Waals surface area contributed by atoms with Crippen LogP contribution in [0.1, 0.15) is 36.7 Å². The van der Waals surface area contributed by atoms with Gasteiger partial charge in [-0.05, 0) is 13.3 Å². The van der Waals surface area contributed by atoms with Gasteiger partial charge in [-0.25, -0.2) is 4.98 Å². The summed E-state index contributed by atoms with van der Waals surface area (Å²) < 4.78 is 5.26. The summed E-state index contributed by atoms with van der Waals surface area (Å²) in [4.78, 5) is 15.9. The summed E-state index contributed by atoms with van der Waals surface area (Å²) in [6, 6.07) is 0. The van der Waals surface area contributed by atoms with Gasteiger partial charge in [0, 0.05) is 13.0 Å². The van der Waals surface area contributed by atoms with Crippen LogP contribution >= 0.6 is 0 Å². The van der Waals surface area contributed by atoms with E-state index < -0.39 is 0 Å². The zero-order chi connectivity index (χ0) is 11.6. The van der Waals surface area contributed by atoms with Gasteiger partial charge in [-0.3, -0.25) is 9.89 Å². The number of nitrogens with zero attached hydrogens (tertiary/aromatic N) is 2. The van der Waals surface area contributed by atoms with Gasteiger partial charge >= 0.3 is 0 Å². The third-order valence-electron chi connectivity index (χ3n) is 2.70. The molecule has 0 aliphatic carbocycles. The molecule has 2 rings (SSSR count). The SMILES string of the molecule is CCc1nc(C(=O)NC2(C)CCOC2)n[nH]1. The molecule has 88 valence electrons. The number of aromatic amines is 1. The van der Waals surface area contributed by atoms with Gasteiger partial charge < -0.3 is 10.1 Å². The van der Waals surface area contributed by atoms with Crippen LogP contribution in [0, 0.1) is 0 Å². The maximum absolute atomic E-state index is 11.8. The molecule has 6 nitrogen and oxygen atoms in total. The van der Waals surface area contributed by atoms with E-state index in [2.05, 4.69) is 20.5 Å². The summed E-state index contributed by atoms with van der Waals surface area (Å²) in [5.41, 5.74) is -0.288. The fraction of sp³-hybridized carbons (Fsp3) is 0.700. The summed E-state index contributed by atoms with van der Waals surface area (Å²) in [7, 11) is 0. The van der Waals surface area contributed by atoms with Crippen LogP contribution < -0.4 is 5.32 Å². The van der Waals surface area contributed by atoms with Crippen molar-refractivity contribution in [3.63, 3.8) is 0 Å². The highest BCUT2D eigenvalue weighted by Crippen LogP contribution is 2.17. The summed E-state index contributed by atoms with van der Waals surface area (Å²) in [5.74, 6) is 0.673. The first-order valence-corrected chi connectivity index (χ1v) is 5.44. The number of carbonyl (C=O) groups is 1. The molecular weight excluding hydrogens is 208 g/mol. The molecule has 6 heteroatoms. The minimum absolute atomic E-state index is 0.199. The summed E-state index contributed by atoms with van der Waals surface area (Å²) in [6.45, 7) is 5.15. The number of hydrogen-bond donors (Lipinski definition) is 2. The van der Waals surface area contributed by atoms with Crippen molar-refractivity contribution in [3.8, 4) is 0 Å². The Morgan fingerprint density at radius 2 is 2.50 bits per heavy atom. The number of aromatic nitrogens is 3. The topological polar surface area (TPSA) is 79.9 Å². The third kappa shape index (κ3) is 2.21. The zero-order valence-electron chi connectivity index (χ0n) is 9.54. The smallest absolute Gasteiger partial charge is 0.291 e. The predicted molar refractivity (Wildman–Crippen MR) is 57.1 cm³/mol. The first kappa shape index (κ1) is 11.1. The zero-order valence-corrected chi connectivity index (χ0v) is 9.54. The molecule has 2 N–H and O–H groups in total. The van der Waals surface area contributed by atoms with Crippen molar-refractivity contribution in [3.05, 3.63) is 11.6 Å². The average Bonchev–Trinajstić information content (AvgIpc) is 2.86. The highest BCUT2D eigenvalue weighted by Gasteiger charge is 2.32. The van der Waals surface area contributed by atoms with Gasteiger partial charge in [-0.2, -0.15) is 0 Å². The molecule has 1 atom stereocenters. The Balaban J connectivity index is 2.02. The maximum atomic E-state index is 11.8. The largest absolute Gasteiger partial charge is 0.379 e. The molecule has 1 aromatic rings. The number of amides is 1. The predicted octanol–water partition coefficient (Wildman–Crippen LogP) is 0.276. The Morgan fingerprint density at radius 1 is 1.69 bits per heavy atom. The molecule has 0 bridgehead atoms. The van der Waals surface area contributed by atoms with Gasteiger partial charge in [0.05, 0.1) is 12.1 Å². The fourth-order valence-corrected chi connectivity index (χ4v) is 1.65. The first-order chi connectivity index (χ1) is 7.63. The second-order valence-corrected chi connectivity index (χ2v) is 4.28. The Hall–Kier alpha value is -1.43. The van der Waals surface area contributed by atoms with Crippen molar-refractivity contribution >= 4 is 5.91 Å². The van der Waals surface area contributed by atoms with E-state index in [1.54, 1.807) is 0 Å². The number of hydrogen-bond acceptors (Lipinski definition) is 4. The van der Waals surface area contributed by atoms with Crippen molar-refractivity contribution in [1.82, 2.24) is 20.5 Å². The summed E-state index contributed by atoms with van der Waals surface area (Å²) in [6.07, 6.45) is 1.56. The molecule has 2 heterocycles.